The first-order valence-electron chi connectivity index (χ1n) is 8.52. The van der Waals surface area contributed by atoms with Gasteiger partial charge in [0.25, 0.3) is 0 Å². The van der Waals surface area contributed by atoms with Crippen molar-refractivity contribution in [3.8, 4) is 5.75 Å². The molecule has 2 heteroatoms. The van der Waals surface area contributed by atoms with Gasteiger partial charge in [-0.1, -0.05) is 26.5 Å². The highest BCUT2D eigenvalue weighted by atomic mass is 16.5. The molecule has 2 aliphatic carbocycles. The van der Waals surface area contributed by atoms with Crippen molar-refractivity contribution < 1.29 is 9.47 Å². The number of methoxy groups -OCH3 is 1. The van der Waals surface area contributed by atoms with Crippen molar-refractivity contribution in [2.45, 2.75) is 52.1 Å². The van der Waals surface area contributed by atoms with Gasteiger partial charge in [0.15, 0.2) is 0 Å². The fourth-order valence-electron chi connectivity index (χ4n) is 3.96. The van der Waals surface area contributed by atoms with E-state index in [9.17, 15) is 0 Å². The van der Waals surface area contributed by atoms with Gasteiger partial charge >= 0.3 is 0 Å². The summed E-state index contributed by atoms with van der Waals surface area (Å²) in [5, 5.41) is 0. The average molecular weight is 300 g/mol. The molecule has 120 valence electrons. The van der Waals surface area contributed by atoms with Crippen molar-refractivity contribution in [2.24, 2.45) is 11.3 Å². The Bertz CT molecular complexity index is 551. The summed E-state index contributed by atoms with van der Waals surface area (Å²) in [7, 11) is 1.83. The van der Waals surface area contributed by atoms with Crippen molar-refractivity contribution in [3.63, 3.8) is 0 Å². The summed E-state index contributed by atoms with van der Waals surface area (Å²) in [4.78, 5) is 0. The minimum absolute atomic E-state index is 0.272. The largest absolute Gasteiger partial charge is 0.493 e. The van der Waals surface area contributed by atoms with Crippen LogP contribution in [0.2, 0.25) is 0 Å². The number of rotatable bonds is 4. The molecule has 0 bridgehead atoms. The van der Waals surface area contributed by atoms with E-state index in [0.29, 0.717) is 12.0 Å². The first kappa shape index (κ1) is 15.6. The molecule has 1 aromatic carbocycles. The SMILES string of the molecule is C=C1c2cc(OCC(C)C)ccc2C[C@]12CC[C@@H](OC)CC2. The molecule has 0 aromatic heterocycles. The van der Waals surface area contributed by atoms with E-state index in [-0.39, 0.29) is 5.41 Å². The molecule has 2 nitrogen and oxygen atoms in total. The molecule has 0 amide bonds. The molecule has 0 radical (unpaired) electrons. The smallest absolute Gasteiger partial charge is 0.119 e. The van der Waals surface area contributed by atoms with Crippen molar-refractivity contribution in [1.82, 2.24) is 0 Å². The number of hydrogen-bond acceptors (Lipinski definition) is 2. The maximum atomic E-state index is 5.89. The van der Waals surface area contributed by atoms with Crippen LogP contribution in [-0.4, -0.2) is 19.8 Å². The molecule has 1 spiro atoms. The quantitative estimate of drug-likeness (QED) is 0.790. The topological polar surface area (TPSA) is 18.5 Å². The molecule has 3 rings (SSSR count). The second-order valence-corrected chi connectivity index (χ2v) is 7.39. The van der Waals surface area contributed by atoms with E-state index in [1.165, 1.54) is 29.5 Å². The van der Waals surface area contributed by atoms with Crippen LogP contribution in [0.3, 0.4) is 0 Å². The molecule has 0 unspecified atom stereocenters. The molecule has 0 aliphatic heterocycles. The first-order chi connectivity index (χ1) is 10.5. The molecule has 0 heterocycles. The zero-order chi connectivity index (χ0) is 15.7. The summed E-state index contributed by atoms with van der Waals surface area (Å²) >= 11 is 0. The van der Waals surface area contributed by atoms with Crippen LogP contribution in [0.5, 0.6) is 5.75 Å². The highest BCUT2D eigenvalue weighted by molar-refractivity contribution is 5.76. The molecule has 0 N–H and O–H groups in total. The van der Waals surface area contributed by atoms with Crippen LogP contribution in [-0.2, 0) is 11.2 Å². The lowest BCUT2D eigenvalue weighted by molar-refractivity contribution is 0.0448. The highest BCUT2D eigenvalue weighted by Crippen LogP contribution is 2.54. The van der Waals surface area contributed by atoms with E-state index in [1.54, 1.807) is 0 Å². The third-order valence-electron chi connectivity index (χ3n) is 5.38. The van der Waals surface area contributed by atoms with Crippen LogP contribution >= 0.6 is 0 Å². The van der Waals surface area contributed by atoms with Gasteiger partial charge in [-0.05, 0) is 72.3 Å². The van der Waals surface area contributed by atoms with Gasteiger partial charge in [0.1, 0.15) is 5.75 Å². The molecule has 22 heavy (non-hydrogen) atoms. The lowest BCUT2D eigenvalue weighted by Crippen LogP contribution is -2.30. The van der Waals surface area contributed by atoms with Crippen molar-refractivity contribution >= 4 is 5.57 Å². The Morgan fingerprint density at radius 3 is 2.64 bits per heavy atom. The molecule has 1 fully saturated rings. The fourth-order valence-corrected chi connectivity index (χ4v) is 3.96. The maximum Gasteiger partial charge on any atom is 0.119 e. The number of hydrogen-bond donors (Lipinski definition) is 0. The van der Waals surface area contributed by atoms with Gasteiger partial charge in [0.2, 0.25) is 0 Å². The summed E-state index contributed by atoms with van der Waals surface area (Å²) < 4.78 is 11.4. The van der Waals surface area contributed by atoms with E-state index in [0.717, 1.165) is 31.6 Å². The molecule has 0 atom stereocenters. The van der Waals surface area contributed by atoms with Gasteiger partial charge in [0, 0.05) is 7.11 Å². The zero-order valence-electron chi connectivity index (χ0n) is 14.2. The van der Waals surface area contributed by atoms with Crippen LogP contribution in [0.25, 0.3) is 5.57 Å². The maximum absolute atomic E-state index is 5.89. The fraction of sp³-hybridized carbons (Fsp3) is 0.600. The summed E-state index contributed by atoms with van der Waals surface area (Å²) in [5.41, 5.74) is 4.37. The summed E-state index contributed by atoms with van der Waals surface area (Å²) in [5.74, 6) is 1.53. The van der Waals surface area contributed by atoms with Gasteiger partial charge in [0.05, 0.1) is 12.7 Å². The van der Waals surface area contributed by atoms with E-state index in [1.807, 2.05) is 7.11 Å². The standard InChI is InChI=1S/C20H28O2/c1-14(2)13-22-18-6-5-16-12-20(15(3)19(16)11-18)9-7-17(21-4)8-10-20/h5-6,11,14,17H,3,7-10,12-13H2,1-2,4H3/t17-,20-. The molecule has 1 saturated carbocycles. The third kappa shape index (κ3) is 2.81. The summed E-state index contributed by atoms with van der Waals surface area (Å²) in [6.07, 6.45) is 6.28. The second-order valence-electron chi connectivity index (χ2n) is 7.39. The predicted octanol–water partition coefficient (Wildman–Crippen LogP) is 4.87. The number of benzene rings is 1. The summed E-state index contributed by atoms with van der Waals surface area (Å²) in [6.45, 7) is 9.59. The van der Waals surface area contributed by atoms with Gasteiger partial charge in [-0.15, -0.1) is 0 Å². The van der Waals surface area contributed by atoms with Crippen LogP contribution < -0.4 is 4.74 Å². The Kier molecular flexibility index (Phi) is 4.31. The van der Waals surface area contributed by atoms with E-state index < -0.39 is 0 Å². The monoisotopic (exact) mass is 300 g/mol. The molecule has 2 aliphatic rings. The Labute approximate surface area is 134 Å². The van der Waals surface area contributed by atoms with Crippen molar-refractivity contribution in [1.29, 1.82) is 0 Å². The van der Waals surface area contributed by atoms with Gasteiger partial charge in [-0.25, -0.2) is 0 Å². The van der Waals surface area contributed by atoms with E-state index in [2.05, 4.69) is 38.6 Å². The second kappa shape index (κ2) is 6.08. The third-order valence-corrected chi connectivity index (χ3v) is 5.38. The Morgan fingerprint density at radius 2 is 2.00 bits per heavy atom. The zero-order valence-corrected chi connectivity index (χ0v) is 14.2. The molecular weight excluding hydrogens is 272 g/mol. The predicted molar refractivity (Wildman–Crippen MR) is 91.2 cm³/mol. The normalized spacial score (nSPS) is 27.5. The van der Waals surface area contributed by atoms with Gasteiger partial charge in [-0.2, -0.15) is 0 Å². The number of allylic oxidation sites excluding steroid dienone is 1. The van der Waals surface area contributed by atoms with Crippen LogP contribution in [0.15, 0.2) is 24.8 Å². The highest BCUT2D eigenvalue weighted by Gasteiger charge is 2.43. The Morgan fingerprint density at radius 1 is 1.27 bits per heavy atom. The van der Waals surface area contributed by atoms with Crippen molar-refractivity contribution in [3.05, 3.63) is 35.9 Å². The van der Waals surface area contributed by atoms with Crippen LogP contribution in [0.1, 0.15) is 50.7 Å². The summed E-state index contributed by atoms with van der Waals surface area (Å²) in [6, 6.07) is 6.57. The van der Waals surface area contributed by atoms with Gasteiger partial charge in [-0.3, -0.25) is 0 Å². The van der Waals surface area contributed by atoms with Crippen LogP contribution in [0.4, 0.5) is 0 Å². The minimum atomic E-state index is 0.272. The number of ether oxygens (including phenoxy) is 2. The first-order valence-corrected chi connectivity index (χ1v) is 8.52. The Balaban J connectivity index is 1.76. The lowest BCUT2D eigenvalue weighted by Gasteiger charge is -2.37. The molecule has 1 aromatic rings. The molecular formula is C20H28O2. The Hall–Kier alpha value is -1.28. The average Bonchev–Trinajstić information content (AvgIpc) is 2.79. The molecule has 0 saturated heterocycles. The van der Waals surface area contributed by atoms with Crippen molar-refractivity contribution in [2.75, 3.05) is 13.7 Å². The van der Waals surface area contributed by atoms with E-state index >= 15 is 0 Å². The minimum Gasteiger partial charge on any atom is -0.493 e. The van der Waals surface area contributed by atoms with Gasteiger partial charge < -0.3 is 9.47 Å². The van der Waals surface area contributed by atoms with E-state index in [4.69, 9.17) is 9.47 Å². The lowest BCUT2D eigenvalue weighted by atomic mass is 9.69. The number of fused-ring (bicyclic) bond motifs is 1. The van der Waals surface area contributed by atoms with Crippen LogP contribution in [0, 0.1) is 11.3 Å².